The summed E-state index contributed by atoms with van der Waals surface area (Å²) in [5, 5.41) is 7.44. The standard InChI is InChI=1S/C22H25N7O/c1-16-4-3-10-24-21(16)27-22-20(23-12-13-25-22)17-8-14-29(15-9-17)19(30)6-5-18-7-11-26-28(18)2/h3-7,10-13,17H,8-9,14-15H2,1-2H3,(H,24,25,27). The lowest BCUT2D eigenvalue weighted by molar-refractivity contribution is -0.126. The second-order valence-corrected chi connectivity index (χ2v) is 7.40. The fourth-order valence-corrected chi connectivity index (χ4v) is 3.66. The summed E-state index contributed by atoms with van der Waals surface area (Å²) in [4.78, 5) is 27.9. The van der Waals surface area contributed by atoms with Crippen LogP contribution in [0.4, 0.5) is 11.6 Å². The van der Waals surface area contributed by atoms with Gasteiger partial charge in [0.25, 0.3) is 0 Å². The molecule has 8 heteroatoms. The molecule has 0 aromatic carbocycles. The number of piperidine rings is 1. The van der Waals surface area contributed by atoms with E-state index in [1.807, 2.05) is 37.1 Å². The number of hydrogen-bond acceptors (Lipinski definition) is 6. The summed E-state index contributed by atoms with van der Waals surface area (Å²) in [6.07, 6.45) is 12.0. The number of pyridine rings is 1. The van der Waals surface area contributed by atoms with Crippen molar-refractivity contribution in [2.75, 3.05) is 18.4 Å². The SMILES string of the molecule is Cc1cccnc1Nc1nccnc1C1CCN(C(=O)C=Cc2ccnn2C)CC1. The van der Waals surface area contributed by atoms with Crippen molar-refractivity contribution >= 4 is 23.6 Å². The van der Waals surface area contributed by atoms with E-state index in [9.17, 15) is 4.79 Å². The fraction of sp³-hybridized carbons (Fsp3) is 0.318. The Balaban J connectivity index is 1.41. The molecule has 1 saturated heterocycles. The molecule has 4 rings (SSSR count). The number of hydrogen-bond donors (Lipinski definition) is 1. The van der Waals surface area contributed by atoms with Crippen molar-refractivity contribution in [1.29, 1.82) is 0 Å². The first-order chi connectivity index (χ1) is 14.6. The first-order valence-corrected chi connectivity index (χ1v) is 10.1. The Bertz CT molecular complexity index is 1050. The van der Waals surface area contributed by atoms with Crippen molar-refractivity contribution in [3.8, 4) is 0 Å². The Morgan fingerprint density at radius 2 is 1.83 bits per heavy atom. The highest BCUT2D eigenvalue weighted by Gasteiger charge is 2.26. The molecular weight excluding hydrogens is 378 g/mol. The smallest absolute Gasteiger partial charge is 0.246 e. The largest absolute Gasteiger partial charge is 0.339 e. The lowest BCUT2D eigenvalue weighted by atomic mass is 9.93. The molecular formula is C22H25N7O. The minimum absolute atomic E-state index is 0.0243. The molecule has 0 unspecified atom stereocenters. The number of nitrogens with one attached hydrogen (secondary N) is 1. The van der Waals surface area contributed by atoms with Gasteiger partial charge in [0.15, 0.2) is 5.82 Å². The number of likely N-dealkylation sites (tertiary alicyclic amines) is 1. The molecule has 0 bridgehead atoms. The molecule has 3 aromatic rings. The van der Waals surface area contributed by atoms with E-state index in [0.29, 0.717) is 13.1 Å². The van der Waals surface area contributed by atoms with Crippen LogP contribution in [0.25, 0.3) is 6.08 Å². The average molecular weight is 403 g/mol. The van der Waals surface area contributed by atoms with Crippen LogP contribution in [0.3, 0.4) is 0 Å². The van der Waals surface area contributed by atoms with Crippen LogP contribution in [0.2, 0.25) is 0 Å². The molecule has 154 valence electrons. The van der Waals surface area contributed by atoms with E-state index >= 15 is 0 Å². The molecule has 0 aliphatic carbocycles. The second kappa shape index (κ2) is 8.86. The monoisotopic (exact) mass is 403 g/mol. The fourth-order valence-electron chi connectivity index (χ4n) is 3.66. The van der Waals surface area contributed by atoms with Crippen LogP contribution in [0.15, 0.2) is 49.1 Å². The number of aromatic nitrogens is 5. The maximum atomic E-state index is 12.6. The zero-order valence-corrected chi connectivity index (χ0v) is 17.2. The van der Waals surface area contributed by atoms with Crippen molar-refractivity contribution < 1.29 is 4.79 Å². The van der Waals surface area contributed by atoms with Gasteiger partial charge in [0.05, 0.1) is 11.4 Å². The minimum atomic E-state index is 0.0243. The molecule has 0 radical (unpaired) electrons. The number of carbonyl (C=O) groups is 1. The van der Waals surface area contributed by atoms with Gasteiger partial charge in [0, 0.05) is 56.9 Å². The predicted molar refractivity (Wildman–Crippen MR) is 115 cm³/mol. The van der Waals surface area contributed by atoms with E-state index in [1.165, 1.54) is 0 Å². The van der Waals surface area contributed by atoms with Crippen LogP contribution >= 0.6 is 0 Å². The van der Waals surface area contributed by atoms with Gasteiger partial charge in [-0.2, -0.15) is 5.10 Å². The highest BCUT2D eigenvalue weighted by molar-refractivity contribution is 5.91. The summed E-state index contributed by atoms with van der Waals surface area (Å²) in [5.41, 5.74) is 2.88. The van der Waals surface area contributed by atoms with E-state index in [2.05, 4.69) is 25.4 Å². The maximum Gasteiger partial charge on any atom is 0.246 e. The van der Waals surface area contributed by atoms with Gasteiger partial charge in [-0.1, -0.05) is 6.07 Å². The summed E-state index contributed by atoms with van der Waals surface area (Å²) in [6, 6.07) is 5.80. The first-order valence-electron chi connectivity index (χ1n) is 10.1. The molecule has 1 aliphatic heterocycles. The number of amides is 1. The number of anilines is 2. The van der Waals surface area contributed by atoms with Gasteiger partial charge in [-0.3, -0.25) is 14.5 Å². The summed E-state index contributed by atoms with van der Waals surface area (Å²) in [6.45, 7) is 3.39. The summed E-state index contributed by atoms with van der Waals surface area (Å²) < 4.78 is 1.74. The Kier molecular flexibility index (Phi) is 5.83. The molecule has 1 N–H and O–H groups in total. The van der Waals surface area contributed by atoms with Gasteiger partial charge in [0.1, 0.15) is 5.82 Å². The topological polar surface area (TPSA) is 88.8 Å². The third-order valence-electron chi connectivity index (χ3n) is 5.42. The summed E-state index contributed by atoms with van der Waals surface area (Å²) in [5.74, 6) is 1.79. The Morgan fingerprint density at radius 1 is 1.07 bits per heavy atom. The highest BCUT2D eigenvalue weighted by atomic mass is 16.2. The summed E-state index contributed by atoms with van der Waals surface area (Å²) >= 11 is 0. The third-order valence-corrected chi connectivity index (χ3v) is 5.42. The number of nitrogens with zero attached hydrogens (tertiary/aromatic N) is 6. The zero-order chi connectivity index (χ0) is 20.9. The van der Waals surface area contributed by atoms with Crippen molar-refractivity contribution in [2.45, 2.75) is 25.7 Å². The summed E-state index contributed by atoms with van der Waals surface area (Å²) in [7, 11) is 1.86. The first kappa shape index (κ1) is 19.8. The Hall–Kier alpha value is -3.55. The van der Waals surface area contributed by atoms with Crippen molar-refractivity contribution in [1.82, 2.24) is 29.6 Å². The lowest BCUT2D eigenvalue weighted by Crippen LogP contribution is -2.37. The molecule has 30 heavy (non-hydrogen) atoms. The molecule has 8 nitrogen and oxygen atoms in total. The highest BCUT2D eigenvalue weighted by Crippen LogP contribution is 2.31. The van der Waals surface area contributed by atoms with E-state index in [-0.39, 0.29) is 11.8 Å². The molecule has 1 amide bonds. The zero-order valence-electron chi connectivity index (χ0n) is 17.2. The van der Waals surface area contributed by atoms with E-state index in [1.54, 1.807) is 41.6 Å². The molecule has 4 heterocycles. The Morgan fingerprint density at radius 3 is 2.57 bits per heavy atom. The lowest BCUT2D eigenvalue weighted by Gasteiger charge is -2.31. The average Bonchev–Trinajstić information content (AvgIpc) is 3.19. The van der Waals surface area contributed by atoms with Gasteiger partial charge in [0.2, 0.25) is 5.91 Å². The third kappa shape index (κ3) is 4.37. The molecule has 3 aromatic heterocycles. The van der Waals surface area contributed by atoms with Gasteiger partial charge in [-0.25, -0.2) is 9.97 Å². The molecule has 1 fully saturated rings. The van der Waals surface area contributed by atoms with E-state index in [0.717, 1.165) is 41.4 Å². The van der Waals surface area contributed by atoms with Gasteiger partial charge in [-0.05, 0) is 43.5 Å². The number of rotatable bonds is 5. The molecule has 1 aliphatic rings. The van der Waals surface area contributed by atoms with E-state index in [4.69, 9.17) is 0 Å². The predicted octanol–water partition coefficient (Wildman–Crippen LogP) is 3.08. The van der Waals surface area contributed by atoms with Crippen LogP contribution in [-0.2, 0) is 11.8 Å². The normalized spacial score (nSPS) is 14.9. The van der Waals surface area contributed by atoms with Gasteiger partial charge >= 0.3 is 0 Å². The van der Waals surface area contributed by atoms with Crippen LogP contribution in [0.1, 0.15) is 35.7 Å². The quantitative estimate of drug-likeness (QED) is 0.659. The van der Waals surface area contributed by atoms with Crippen molar-refractivity contribution in [3.05, 3.63) is 66.0 Å². The van der Waals surface area contributed by atoms with Crippen LogP contribution in [0, 0.1) is 6.92 Å². The van der Waals surface area contributed by atoms with Crippen LogP contribution in [-0.4, -0.2) is 48.6 Å². The second-order valence-electron chi connectivity index (χ2n) is 7.40. The molecule has 0 saturated carbocycles. The van der Waals surface area contributed by atoms with Crippen molar-refractivity contribution in [2.24, 2.45) is 7.05 Å². The molecule has 0 spiro atoms. The number of aryl methyl sites for hydroxylation is 2. The maximum absolute atomic E-state index is 12.6. The van der Waals surface area contributed by atoms with Gasteiger partial charge < -0.3 is 10.2 Å². The van der Waals surface area contributed by atoms with Crippen LogP contribution < -0.4 is 5.32 Å². The van der Waals surface area contributed by atoms with E-state index < -0.39 is 0 Å². The number of carbonyl (C=O) groups excluding carboxylic acids is 1. The van der Waals surface area contributed by atoms with Crippen molar-refractivity contribution in [3.63, 3.8) is 0 Å². The van der Waals surface area contributed by atoms with Gasteiger partial charge in [-0.15, -0.1) is 0 Å². The minimum Gasteiger partial charge on any atom is -0.339 e. The Labute approximate surface area is 175 Å². The molecule has 0 atom stereocenters. The van der Waals surface area contributed by atoms with Crippen LogP contribution in [0.5, 0.6) is 0 Å².